The summed E-state index contributed by atoms with van der Waals surface area (Å²) in [5.41, 5.74) is 5.22. The van der Waals surface area contributed by atoms with E-state index in [4.69, 9.17) is 5.73 Å². The van der Waals surface area contributed by atoms with Gasteiger partial charge in [-0.15, -0.1) is 0 Å². The number of aryl methyl sites for hydroxylation is 1. The van der Waals surface area contributed by atoms with Crippen molar-refractivity contribution in [3.63, 3.8) is 0 Å². The number of aromatic carboxylic acids is 2. The van der Waals surface area contributed by atoms with Gasteiger partial charge in [0.25, 0.3) is 5.56 Å². The summed E-state index contributed by atoms with van der Waals surface area (Å²) in [7, 11) is 0. The topological polar surface area (TPSA) is 133 Å². The fraction of sp³-hybridized carbons (Fsp3) is 0.0500. The summed E-state index contributed by atoms with van der Waals surface area (Å²) in [6, 6.07) is 10.5. The Balaban J connectivity index is 2.35. The summed E-state index contributed by atoms with van der Waals surface area (Å²) < 4.78 is 13.4. The first kappa shape index (κ1) is 18.8. The van der Waals surface area contributed by atoms with Crippen LogP contribution < -0.4 is 11.3 Å². The fourth-order valence-corrected chi connectivity index (χ4v) is 3.13. The van der Waals surface area contributed by atoms with Gasteiger partial charge in [-0.05, 0) is 47.4 Å². The van der Waals surface area contributed by atoms with Gasteiger partial charge in [0.15, 0.2) is 0 Å². The van der Waals surface area contributed by atoms with Crippen LogP contribution in [0.25, 0.3) is 22.3 Å². The van der Waals surface area contributed by atoms with E-state index >= 15 is 0 Å². The van der Waals surface area contributed by atoms with Crippen molar-refractivity contribution in [2.45, 2.75) is 6.92 Å². The molecule has 0 aliphatic heterocycles. The quantitative estimate of drug-likeness (QED) is 0.548. The molecule has 2 aromatic carbocycles. The predicted molar refractivity (Wildman–Crippen MR) is 101 cm³/mol. The lowest BCUT2D eigenvalue weighted by molar-refractivity contribution is 0.0695. The van der Waals surface area contributed by atoms with Crippen LogP contribution in [-0.4, -0.2) is 27.1 Å². The molecular formula is C20H15FN2O5. The molecule has 1 heterocycles. The summed E-state index contributed by atoms with van der Waals surface area (Å²) >= 11 is 0. The van der Waals surface area contributed by atoms with Gasteiger partial charge in [0.1, 0.15) is 22.8 Å². The van der Waals surface area contributed by atoms with E-state index in [-0.39, 0.29) is 11.1 Å². The second-order valence-corrected chi connectivity index (χ2v) is 6.14. The van der Waals surface area contributed by atoms with Gasteiger partial charge in [0.2, 0.25) is 0 Å². The maximum absolute atomic E-state index is 13.4. The number of nitrogen functional groups attached to an aromatic ring is 1. The van der Waals surface area contributed by atoms with E-state index in [2.05, 4.69) is 4.98 Å². The van der Waals surface area contributed by atoms with E-state index in [1.165, 1.54) is 24.3 Å². The Bertz CT molecular complexity index is 1180. The maximum atomic E-state index is 13.4. The Morgan fingerprint density at radius 3 is 2.25 bits per heavy atom. The van der Waals surface area contributed by atoms with Gasteiger partial charge in [-0.2, -0.15) is 0 Å². The Labute approximate surface area is 157 Å². The van der Waals surface area contributed by atoms with Crippen molar-refractivity contribution in [1.82, 2.24) is 4.98 Å². The number of halogens is 1. The van der Waals surface area contributed by atoms with Crippen LogP contribution in [-0.2, 0) is 0 Å². The van der Waals surface area contributed by atoms with E-state index in [1.807, 2.05) is 0 Å². The van der Waals surface area contributed by atoms with Crippen molar-refractivity contribution >= 4 is 17.8 Å². The molecular weight excluding hydrogens is 367 g/mol. The van der Waals surface area contributed by atoms with Crippen LogP contribution in [0.1, 0.15) is 26.3 Å². The number of carboxylic acids is 2. The largest absolute Gasteiger partial charge is 0.478 e. The number of hydrogen-bond acceptors (Lipinski definition) is 4. The van der Waals surface area contributed by atoms with Gasteiger partial charge < -0.3 is 20.9 Å². The standard InChI is InChI=1S/C20H15FN2O5/c1-9-7-12(21)5-6-13(9)10-3-2-4-11(8-10)14-15(19(25)26)17(22)23-18(24)16(14)20(27)28/h2-8H,1H3,(H,25,26)(H,27,28)(H3,22,23,24). The number of pyridine rings is 1. The van der Waals surface area contributed by atoms with Crippen LogP contribution >= 0.6 is 0 Å². The minimum absolute atomic E-state index is 0.189. The summed E-state index contributed by atoms with van der Waals surface area (Å²) in [5.74, 6) is -3.90. The number of carboxylic acid groups (broad SMARTS) is 2. The lowest BCUT2D eigenvalue weighted by Crippen LogP contribution is -2.24. The van der Waals surface area contributed by atoms with Crippen molar-refractivity contribution in [3.8, 4) is 22.3 Å². The van der Waals surface area contributed by atoms with Gasteiger partial charge in [-0.25, -0.2) is 14.0 Å². The molecule has 3 rings (SSSR count). The number of aromatic nitrogens is 1. The summed E-state index contributed by atoms with van der Waals surface area (Å²) in [6.45, 7) is 1.71. The third-order valence-corrected chi connectivity index (χ3v) is 4.32. The lowest BCUT2D eigenvalue weighted by Gasteiger charge is -2.14. The first-order chi connectivity index (χ1) is 13.2. The van der Waals surface area contributed by atoms with Crippen LogP contribution in [0.5, 0.6) is 0 Å². The molecule has 1 aromatic heterocycles. The van der Waals surface area contributed by atoms with Crippen molar-refractivity contribution in [2.24, 2.45) is 0 Å². The molecule has 3 aromatic rings. The van der Waals surface area contributed by atoms with Crippen molar-refractivity contribution < 1.29 is 24.2 Å². The number of nitrogens with two attached hydrogens (primary N) is 1. The minimum atomic E-state index is -1.58. The lowest BCUT2D eigenvalue weighted by atomic mass is 9.92. The number of hydrogen-bond donors (Lipinski definition) is 4. The molecule has 0 atom stereocenters. The zero-order valence-corrected chi connectivity index (χ0v) is 14.6. The second kappa shape index (κ2) is 6.99. The van der Waals surface area contributed by atoms with E-state index in [0.717, 1.165) is 0 Å². The molecule has 5 N–H and O–H groups in total. The molecule has 0 aliphatic rings. The van der Waals surface area contributed by atoms with Gasteiger partial charge in [0.05, 0.1) is 0 Å². The molecule has 0 fully saturated rings. The number of H-pyrrole nitrogens is 1. The summed E-state index contributed by atoms with van der Waals surface area (Å²) in [5, 5.41) is 19.0. The van der Waals surface area contributed by atoms with E-state index in [9.17, 15) is 29.0 Å². The highest BCUT2D eigenvalue weighted by Crippen LogP contribution is 2.33. The number of nitrogens with one attached hydrogen (secondary N) is 1. The third kappa shape index (κ3) is 3.23. The number of carbonyl (C=O) groups is 2. The Morgan fingerprint density at radius 1 is 1.00 bits per heavy atom. The highest BCUT2D eigenvalue weighted by atomic mass is 19.1. The number of benzene rings is 2. The van der Waals surface area contributed by atoms with E-state index in [1.54, 1.807) is 25.1 Å². The molecule has 28 heavy (non-hydrogen) atoms. The van der Waals surface area contributed by atoms with Gasteiger partial charge >= 0.3 is 11.9 Å². The molecule has 7 nitrogen and oxygen atoms in total. The number of anilines is 1. The minimum Gasteiger partial charge on any atom is -0.478 e. The monoisotopic (exact) mass is 382 g/mol. The molecule has 0 unspecified atom stereocenters. The summed E-state index contributed by atoms with van der Waals surface area (Å²) in [4.78, 5) is 37.6. The van der Waals surface area contributed by atoms with Crippen LogP contribution in [0.3, 0.4) is 0 Å². The van der Waals surface area contributed by atoms with Crippen molar-refractivity contribution in [3.05, 3.63) is 75.3 Å². The molecule has 0 amide bonds. The zero-order chi connectivity index (χ0) is 20.6. The zero-order valence-electron chi connectivity index (χ0n) is 14.6. The van der Waals surface area contributed by atoms with Crippen LogP contribution in [0, 0.1) is 12.7 Å². The average molecular weight is 382 g/mol. The van der Waals surface area contributed by atoms with Gasteiger partial charge in [0, 0.05) is 5.56 Å². The molecule has 0 bridgehead atoms. The first-order valence-corrected chi connectivity index (χ1v) is 8.10. The van der Waals surface area contributed by atoms with E-state index < -0.39 is 40.3 Å². The fourth-order valence-electron chi connectivity index (χ4n) is 3.13. The van der Waals surface area contributed by atoms with Crippen molar-refractivity contribution in [2.75, 3.05) is 5.73 Å². The van der Waals surface area contributed by atoms with Crippen LogP contribution in [0.4, 0.5) is 10.2 Å². The highest BCUT2D eigenvalue weighted by Gasteiger charge is 2.26. The SMILES string of the molecule is Cc1cc(F)ccc1-c1cccc(-c2c(C(=O)O)c(N)[nH]c(=O)c2C(=O)O)c1. The van der Waals surface area contributed by atoms with E-state index in [0.29, 0.717) is 16.7 Å². The predicted octanol–water partition coefficient (Wildman–Crippen LogP) is 3.14. The molecule has 0 saturated carbocycles. The molecule has 0 radical (unpaired) electrons. The second-order valence-electron chi connectivity index (χ2n) is 6.14. The first-order valence-electron chi connectivity index (χ1n) is 8.10. The average Bonchev–Trinajstić information content (AvgIpc) is 2.60. The molecule has 0 aliphatic carbocycles. The normalized spacial score (nSPS) is 10.6. The molecule has 0 spiro atoms. The van der Waals surface area contributed by atoms with Crippen molar-refractivity contribution in [1.29, 1.82) is 0 Å². The number of aromatic amines is 1. The third-order valence-electron chi connectivity index (χ3n) is 4.32. The molecule has 142 valence electrons. The van der Waals surface area contributed by atoms with Crippen LogP contribution in [0.2, 0.25) is 0 Å². The smallest absolute Gasteiger partial charge is 0.342 e. The van der Waals surface area contributed by atoms with Gasteiger partial charge in [-0.1, -0.05) is 24.3 Å². The molecule has 0 saturated heterocycles. The Hall–Kier alpha value is -3.94. The van der Waals surface area contributed by atoms with Crippen LogP contribution in [0.15, 0.2) is 47.3 Å². The number of rotatable bonds is 4. The maximum Gasteiger partial charge on any atom is 0.342 e. The van der Waals surface area contributed by atoms with Gasteiger partial charge in [-0.3, -0.25) is 4.79 Å². The Morgan fingerprint density at radius 2 is 1.64 bits per heavy atom. The highest BCUT2D eigenvalue weighted by molar-refractivity contribution is 6.07. The Kier molecular flexibility index (Phi) is 4.70. The summed E-state index contributed by atoms with van der Waals surface area (Å²) in [6.07, 6.45) is 0. The molecule has 8 heteroatoms.